The average molecular weight is 283 g/mol. The molecule has 2 aromatic carbocycles. The highest BCUT2D eigenvalue weighted by molar-refractivity contribution is 5.85. The second-order valence-corrected chi connectivity index (χ2v) is 5.88. The topological polar surface area (TPSA) is 40.5 Å². The van der Waals surface area contributed by atoms with Crippen LogP contribution in [0.15, 0.2) is 42.5 Å². The van der Waals surface area contributed by atoms with Crippen LogP contribution in [0.1, 0.15) is 31.2 Å². The molecule has 21 heavy (non-hydrogen) atoms. The molecule has 3 nitrogen and oxygen atoms in total. The second kappa shape index (κ2) is 6.27. The number of aliphatic carboxylic acids is 1. The molecule has 0 aromatic heterocycles. The minimum Gasteiger partial charge on any atom is -0.480 e. The average Bonchev–Trinajstić information content (AvgIpc) is 3.01. The van der Waals surface area contributed by atoms with Crippen LogP contribution in [0.5, 0.6) is 0 Å². The van der Waals surface area contributed by atoms with Crippen molar-refractivity contribution >= 4 is 16.7 Å². The fourth-order valence-corrected chi connectivity index (χ4v) is 3.41. The molecule has 0 atom stereocenters. The van der Waals surface area contributed by atoms with E-state index in [0.29, 0.717) is 6.04 Å². The number of carboxylic acid groups (broad SMARTS) is 1. The molecule has 0 saturated heterocycles. The molecule has 1 aliphatic carbocycles. The van der Waals surface area contributed by atoms with Crippen LogP contribution in [0, 0.1) is 0 Å². The lowest BCUT2D eigenvalue weighted by atomic mass is 10.0. The molecule has 0 spiro atoms. The van der Waals surface area contributed by atoms with Gasteiger partial charge in [-0.2, -0.15) is 0 Å². The number of benzene rings is 2. The number of carbonyl (C=O) groups is 1. The van der Waals surface area contributed by atoms with Crippen molar-refractivity contribution in [1.29, 1.82) is 0 Å². The highest BCUT2D eigenvalue weighted by Gasteiger charge is 2.24. The Balaban J connectivity index is 1.88. The van der Waals surface area contributed by atoms with Gasteiger partial charge in [0.1, 0.15) is 0 Å². The van der Waals surface area contributed by atoms with Gasteiger partial charge in [-0.25, -0.2) is 0 Å². The maximum atomic E-state index is 11.2. The molecule has 110 valence electrons. The van der Waals surface area contributed by atoms with Gasteiger partial charge in [0.15, 0.2) is 0 Å². The summed E-state index contributed by atoms with van der Waals surface area (Å²) in [6, 6.07) is 15.0. The van der Waals surface area contributed by atoms with E-state index in [-0.39, 0.29) is 6.54 Å². The van der Waals surface area contributed by atoms with Crippen LogP contribution in [-0.2, 0) is 11.3 Å². The molecule has 0 amide bonds. The summed E-state index contributed by atoms with van der Waals surface area (Å²) in [4.78, 5) is 13.3. The van der Waals surface area contributed by atoms with Gasteiger partial charge in [0, 0.05) is 12.6 Å². The Kier molecular flexibility index (Phi) is 4.20. The van der Waals surface area contributed by atoms with Crippen molar-refractivity contribution in [1.82, 2.24) is 4.90 Å². The van der Waals surface area contributed by atoms with Gasteiger partial charge in [-0.1, -0.05) is 55.3 Å². The van der Waals surface area contributed by atoms with Crippen molar-refractivity contribution in [3.8, 4) is 0 Å². The van der Waals surface area contributed by atoms with E-state index >= 15 is 0 Å². The van der Waals surface area contributed by atoms with E-state index < -0.39 is 5.97 Å². The fraction of sp³-hybridized carbons (Fsp3) is 0.389. The maximum absolute atomic E-state index is 11.2. The Morgan fingerprint density at radius 2 is 1.81 bits per heavy atom. The van der Waals surface area contributed by atoms with Gasteiger partial charge < -0.3 is 5.11 Å². The number of carboxylic acids is 1. The molecule has 2 aromatic rings. The minimum atomic E-state index is -0.734. The van der Waals surface area contributed by atoms with E-state index in [2.05, 4.69) is 35.2 Å². The van der Waals surface area contributed by atoms with Gasteiger partial charge in [-0.3, -0.25) is 9.69 Å². The normalized spacial score (nSPS) is 15.9. The SMILES string of the molecule is O=C(O)CN(Cc1cccc2ccccc12)C1CCCC1. The standard InChI is InChI=1S/C18H21NO2/c20-18(21)13-19(16-9-2-3-10-16)12-15-8-5-7-14-6-1-4-11-17(14)15/h1,4-8,11,16H,2-3,9-10,12-13H2,(H,20,21). The number of hydrogen-bond acceptors (Lipinski definition) is 2. The van der Waals surface area contributed by atoms with E-state index in [9.17, 15) is 9.90 Å². The quantitative estimate of drug-likeness (QED) is 0.910. The first-order valence-corrected chi connectivity index (χ1v) is 7.66. The van der Waals surface area contributed by atoms with E-state index in [1.54, 1.807) is 0 Å². The van der Waals surface area contributed by atoms with Crippen LogP contribution in [0.2, 0.25) is 0 Å². The predicted molar refractivity (Wildman–Crippen MR) is 84.2 cm³/mol. The largest absolute Gasteiger partial charge is 0.480 e. The van der Waals surface area contributed by atoms with E-state index in [1.807, 2.05) is 12.1 Å². The van der Waals surface area contributed by atoms with E-state index in [0.717, 1.165) is 19.4 Å². The molecule has 0 radical (unpaired) electrons. The summed E-state index contributed by atoms with van der Waals surface area (Å²) in [5, 5.41) is 11.6. The maximum Gasteiger partial charge on any atom is 0.317 e. The van der Waals surface area contributed by atoms with Crippen molar-refractivity contribution < 1.29 is 9.90 Å². The molecule has 1 aliphatic rings. The Morgan fingerprint density at radius 1 is 1.10 bits per heavy atom. The molecule has 0 bridgehead atoms. The third-order valence-electron chi connectivity index (χ3n) is 4.43. The molecule has 3 rings (SSSR count). The molecular formula is C18H21NO2. The van der Waals surface area contributed by atoms with Crippen molar-refractivity contribution in [3.63, 3.8) is 0 Å². The van der Waals surface area contributed by atoms with Crippen LogP contribution < -0.4 is 0 Å². The van der Waals surface area contributed by atoms with E-state index in [1.165, 1.54) is 29.2 Å². The summed E-state index contributed by atoms with van der Waals surface area (Å²) >= 11 is 0. The lowest BCUT2D eigenvalue weighted by Crippen LogP contribution is -2.37. The van der Waals surface area contributed by atoms with Gasteiger partial charge in [0.05, 0.1) is 6.54 Å². The second-order valence-electron chi connectivity index (χ2n) is 5.88. The Labute approximate surface area is 125 Å². The van der Waals surface area contributed by atoms with E-state index in [4.69, 9.17) is 0 Å². The third kappa shape index (κ3) is 3.24. The smallest absolute Gasteiger partial charge is 0.317 e. The van der Waals surface area contributed by atoms with Gasteiger partial charge >= 0.3 is 5.97 Å². The predicted octanol–water partition coefficient (Wildman–Crippen LogP) is 3.67. The number of fused-ring (bicyclic) bond motifs is 1. The number of rotatable bonds is 5. The summed E-state index contributed by atoms with van der Waals surface area (Å²) in [6.07, 6.45) is 4.68. The molecule has 1 N–H and O–H groups in total. The Hall–Kier alpha value is -1.87. The molecule has 0 aliphatic heterocycles. The zero-order valence-corrected chi connectivity index (χ0v) is 12.2. The summed E-state index contributed by atoms with van der Waals surface area (Å²) < 4.78 is 0. The third-order valence-corrected chi connectivity index (χ3v) is 4.43. The van der Waals surface area contributed by atoms with Crippen LogP contribution in [-0.4, -0.2) is 28.6 Å². The van der Waals surface area contributed by atoms with Crippen molar-refractivity contribution in [2.75, 3.05) is 6.54 Å². The lowest BCUT2D eigenvalue weighted by Gasteiger charge is -2.27. The molecule has 1 saturated carbocycles. The van der Waals surface area contributed by atoms with Crippen LogP contribution in [0.3, 0.4) is 0 Å². The highest BCUT2D eigenvalue weighted by Crippen LogP contribution is 2.27. The van der Waals surface area contributed by atoms with Crippen molar-refractivity contribution in [2.45, 2.75) is 38.3 Å². The molecule has 0 unspecified atom stereocenters. The first-order chi connectivity index (χ1) is 10.2. The van der Waals surface area contributed by atoms with Crippen LogP contribution in [0.4, 0.5) is 0 Å². The number of nitrogens with zero attached hydrogens (tertiary/aromatic N) is 1. The summed E-state index contributed by atoms with van der Waals surface area (Å²) in [5.41, 5.74) is 1.22. The van der Waals surface area contributed by atoms with Gasteiger partial charge in [-0.05, 0) is 29.2 Å². The number of hydrogen-bond donors (Lipinski definition) is 1. The van der Waals surface area contributed by atoms with Gasteiger partial charge in [0.25, 0.3) is 0 Å². The molecular weight excluding hydrogens is 262 g/mol. The van der Waals surface area contributed by atoms with Crippen molar-refractivity contribution in [3.05, 3.63) is 48.0 Å². The Bertz CT molecular complexity index is 627. The molecule has 1 fully saturated rings. The minimum absolute atomic E-state index is 0.133. The summed E-state index contributed by atoms with van der Waals surface area (Å²) in [5.74, 6) is -0.734. The van der Waals surface area contributed by atoms with Gasteiger partial charge in [0.2, 0.25) is 0 Å². The Morgan fingerprint density at radius 3 is 2.57 bits per heavy atom. The zero-order chi connectivity index (χ0) is 14.7. The first-order valence-electron chi connectivity index (χ1n) is 7.66. The monoisotopic (exact) mass is 283 g/mol. The van der Waals surface area contributed by atoms with Gasteiger partial charge in [-0.15, -0.1) is 0 Å². The summed E-state index contributed by atoms with van der Waals surface area (Å²) in [7, 11) is 0. The van der Waals surface area contributed by atoms with Crippen LogP contribution in [0.25, 0.3) is 10.8 Å². The fourth-order valence-electron chi connectivity index (χ4n) is 3.41. The molecule has 3 heteroatoms. The van der Waals surface area contributed by atoms with Crippen LogP contribution >= 0.6 is 0 Å². The highest BCUT2D eigenvalue weighted by atomic mass is 16.4. The first kappa shape index (κ1) is 14.1. The lowest BCUT2D eigenvalue weighted by molar-refractivity contribution is -0.139. The van der Waals surface area contributed by atoms with Crippen molar-refractivity contribution in [2.24, 2.45) is 0 Å². The molecule has 0 heterocycles. The zero-order valence-electron chi connectivity index (χ0n) is 12.2. The summed E-state index contributed by atoms with van der Waals surface area (Å²) in [6.45, 7) is 0.853.